The quantitative estimate of drug-likeness (QED) is 0.678. The van der Waals surface area contributed by atoms with E-state index in [1.807, 2.05) is 0 Å². The Hall–Kier alpha value is -0.460. The Balaban J connectivity index is 1.62. The van der Waals surface area contributed by atoms with Gasteiger partial charge in [0.15, 0.2) is 0 Å². The van der Waals surface area contributed by atoms with Crippen LogP contribution in [0.1, 0.15) is 52.4 Å². The van der Waals surface area contributed by atoms with E-state index in [1.165, 1.54) is 12.1 Å². The second kappa shape index (κ2) is 3.80. The minimum Gasteiger partial charge on any atom is -0.373 e. The highest BCUT2D eigenvalue weighted by Crippen LogP contribution is 2.61. The van der Waals surface area contributed by atoms with Crippen molar-refractivity contribution in [2.24, 2.45) is 35.5 Å². The first kappa shape index (κ1) is 12.3. The summed E-state index contributed by atoms with van der Waals surface area (Å²) in [6, 6.07) is 0. The SMILES string of the molecule is C=C1C(C2C3CC4CC(C3)CC2C4)CC(C)(C)N1C. The Morgan fingerprint density at radius 3 is 1.95 bits per heavy atom. The van der Waals surface area contributed by atoms with Gasteiger partial charge in [0.1, 0.15) is 0 Å². The Morgan fingerprint density at radius 1 is 1.00 bits per heavy atom. The lowest BCUT2D eigenvalue weighted by molar-refractivity contribution is -0.0552. The van der Waals surface area contributed by atoms with Crippen LogP contribution in [0.4, 0.5) is 0 Å². The van der Waals surface area contributed by atoms with Gasteiger partial charge in [-0.25, -0.2) is 0 Å². The highest BCUT2D eigenvalue weighted by Gasteiger charge is 2.54. The fourth-order valence-electron chi connectivity index (χ4n) is 6.41. The molecule has 1 aliphatic heterocycles. The largest absolute Gasteiger partial charge is 0.373 e. The van der Waals surface area contributed by atoms with Crippen LogP contribution in [0.5, 0.6) is 0 Å². The summed E-state index contributed by atoms with van der Waals surface area (Å²) in [4.78, 5) is 2.47. The van der Waals surface area contributed by atoms with Crippen LogP contribution in [0.25, 0.3) is 0 Å². The van der Waals surface area contributed by atoms with Gasteiger partial charge in [-0.1, -0.05) is 6.58 Å². The minimum absolute atomic E-state index is 0.330. The van der Waals surface area contributed by atoms with Gasteiger partial charge >= 0.3 is 0 Å². The highest BCUT2D eigenvalue weighted by atomic mass is 15.2. The van der Waals surface area contributed by atoms with Crippen molar-refractivity contribution in [2.45, 2.75) is 57.9 Å². The molecule has 1 heteroatoms. The van der Waals surface area contributed by atoms with Crippen molar-refractivity contribution in [1.29, 1.82) is 0 Å². The molecular weight excluding hydrogens is 230 g/mol. The lowest BCUT2D eigenvalue weighted by atomic mass is 9.49. The zero-order valence-electron chi connectivity index (χ0n) is 12.9. The van der Waals surface area contributed by atoms with E-state index in [9.17, 15) is 0 Å². The number of rotatable bonds is 1. The van der Waals surface area contributed by atoms with E-state index in [1.54, 1.807) is 32.1 Å². The number of hydrogen-bond donors (Lipinski definition) is 0. The maximum atomic E-state index is 4.47. The van der Waals surface area contributed by atoms with Crippen LogP contribution in [-0.2, 0) is 0 Å². The monoisotopic (exact) mass is 259 g/mol. The molecule has 1 unspecified atom stereocenters. The van der Waals surface area contributed by atoms with Gasteiger partial charge in [0.25, 0.3) is 0 Å². The van der Waals surface area contributed by atoms with Gasteiger partial charge in [-0.05, 0) is 82.0 Å². The van der Waals surface area contributed by atoms with Crippen LogP contribution < -0.4 is 0 Å². The lowest BCUT2D eigenvalue weighted by Crippen LogP contribution is -2.47. The van der Waals surface area contributed by atoms with Gasteiger partial charge in [-0.3, -0.25) is 0 Å². The summed E-state index contributed by atoms with van der Waals surface area (Å²) >= 11 is 0. The summed E-state index contributed by atoms with van der Waals surface area (Å²) in [6.07, 6.45) is 9.10. The topological polar surface area (TPSA) is 3.24 Å². The van der Waals surface area contributed by atoms with Crippen LogP contribution in [-0.4, -0.2) is 17.5 Å². The van der Waals surface area contributed by atoms with Gasteiger partial charge < -0.3 is 4.90 Å². The average Bonchev–Trinajstić information content (AvgIpc) is 2.52. The molecule has 0 aromatic rings. The summed E-state index contributed by atoms with van der Waals surface area (Å²) in [7, 11) is 2.26. The summed E-state index contributed by atoms with van der Waals surface area (Å²) in [5, 5.41) is 0. The van der Waals surface area contributed by atoms with Crippen molar-refractivity contribution < 1.29 is 0 Å². The molecule has 0 aromatic heterocycles. The molecular formula is C18H29N. The number of hydrogen-bond acceptors (Lipinski definition) is 1. The second-order valence-electron chi connectivity index (χ2n) is 8.68. The number of nitrogens with zero attached hydrogens (tertiary/aromatic N) is 1. The summed E-state index contributed by atoms with van der Waals surface area (Å²) in [6.45, 7) is 9.27. The first-order valence-corrected chi connectivity index (χ1v) is 8.38. The van der Waals surface area contributed by atoms with Gasteiger partial charge in [-0.15, -0.1) is 0 Å². The van der Waals surface area contributed by atoms with E-state index in [4.69, 9.17) is 0 Å². The Labute approximate surface area is 118 Å². The molecule has 4 bridgehead atoms. The third-order valence-corrected chi connectivity index (χ3v) is 7.25. The number of likely N-dealkylation sites (tertiary alicyclic amines) is 1. The van der Waals surface area contributed by atoms with E-state index in [2.05, 4.69) is 32.4 Å². The minimum atomic E-state index is 0.330. The van der Waals surface area contributed by atoms with E-state index in [-0.39, 0.29) is 0 Å². The van der Waals surface area contributed by atoms with Gasteiger partial charge in [0.05, 0.1) is 0 Å². The van der Waals surface area contributed by atoms with Crippen molar-refractivity contribution >= 4 is 0 Å². The maximum absolute atomic E-state index is 4.47. The van der Waals surface area contributed by atoms with Gasteiger partial charge in [0, 0.05) is 24.2 Å². The van der Waals surface area contributed by atoms with E-state index in [0.717, 1.165) is 35.5 Å². The molecule has 4 saturated carbocycles. The smallest absolute Gasteiger partial charge is 0.0346 e. The van der Waals surface area contributed by atoms with Crippen LogP contribution in [0.3, 0.4) is 0 Å². The van der Waals surface area contributed by atoms with E-state index >= 15 is 0 Å². The molecule has 1 heterocycles. The second-order valence-corrected chi connectivity index (χ2v) is 8.68. The summed E-state index contributed by atoms with van der Waals surface area (Å²) < 4.78 is 0. The molecule has 0 aromatic carbocycles. The van der Waals surface area contributed by atoms with Crippen molar-refractivity contribution in [3.63, 3.8) is 0 Å². The van der Waals surface area contributed by atoms with Crippen LogP contribution in [0.15, 0.2) is 12.3 Å². The van der Waals surface area contributed by atoms with Crippen molar-refractivity contribution in [3.05, 3.63) is 12.3 Å². The third kappa shape index (κ3) is 1.66. The zero-order chi connectivity index (χ0) is 13.4. The third-order valence-electron chi connectivity index (χ3n) is 7.25. The Bertz CT molecular complexity index is 380. The van der Waals surface area contributed by atoms with Gasteiger partial charge in [-0.2, -0.15) is 0 Å². The fraction of sp³-hybridized carbons (Fsp3) is 0.889. The normalized spacial score (nSPS) is 51.1. The zero-order valence-corrected chi connectivity index (χ0v) is 12.9. The fourth-order valence-corrected chi connectivity index (χ4v) is 6.41. The molecule has 5 rings (SSSR count). The molecule has 1 atom stereocenters. The molecule has 0 radical (unpaired) electrons. The first-order valence-electron chi connectivity index (χ1n) is 8.38. The summed E-state index contributed by atoms with van der Waals surface area (Å²) in [5.74, 6) is 6.04. The molecule has 0 N–H and O–H groups in total. The molecule has 106 valence electrons. The van der Waals surface area contributed by atoms with Crippen molar-refractivity contribution in [2.75, 3.05) is 7.05 Å². The van der Waals surface area contributed by atoms with Crippen molar-refractivity contribution in [1.82, 2.24) is 4.90 Å². The molecule has 1 nitrogen and oxygen atoms in total. The molecule has 5 fully saturated rings. The predicted molar refractivity (Wildman–Crippen MR) is 79.6 cm³/mol. The van der Waals surface area contributed by atoms with Crippen LogP contribution >= 0.6 is 0 Å². The highest BCUT2D eigenvalue weighted by molar-refractivity contribution is 5.17. The molecule has 5 aliphatic rings. The molecule has 4 aliphatic carbocycles. The predicted octanol–water partition coefficient (Wildman–Crippen LogP) is 4.30. The molecule has 19 heavy (non-hydrogen) atoms. The maximum Gasteiger partial charge on any atom is 0.0346 e. The van der Waals surface area contributed by atoms with Crippen molar-refractivity contribution in [3.8, 4) is 0 Å². The summed E-state index contributed by atoms with van der Waals surface area (Å²) in [5.41, 5.74) is 1.78. The standard InChI is InChI=1S/C18H29N/c1-11-16(10-18(2,3)19(11)4)17-14-6-12-5-13(8-14)9-15(17)7-12/h12-17H,1,5-10H2,2-4H3. The van der Waals surface area contributed by atoms with Gasteiger partial charge in [0.2, 0.25) is 0 Å². The lowest BCUT2D eigenvalue weighted by Gasteiger charge is -2.56. The Morgan fingerprint density at radius 2 is 1.53 bits per heavy atom. The molecule has 0 spiro atoms. The average molecular weight is 259 g/mol. The molecule has 1 saturated heterocycles. The van der Waals surface area contributed by atoms with Crippen LogP contribution in [0, 0.1) is 35.5 Å². The van der Waals surface area contributed by atoms with Crippen LogP contribution in [0.2, 0.25) is 0 Å². The molecule has 0 amide bonds. The first-order chi connectivity index (χ1) is 8.95. The van der Waals surface area contributed by atoms with E-state index < -0.39 is 0 Å². The number of allylic oxidation sites excluding steroid dienone is 1. The van der Waals surface area contributed by atoms with E-state index in [0.29, 0.717) is 5.54 Å². The Kier molecular flexibility index (Phi) is 2.46.